The van der Waals surface area contributed by atoms with E-state index < -0.39 is 5.63 Å². The number of aromatic nitrogens is 1. The van der Waals surface area contributed by atoms with Crippen molar-refractivity contribution in [2.45, 2.75) is 6.92 Å². The molecule has 0 fully saturated rings. The Balaban J connectivity index is 1.26. The Morgan fingerprint density at radius 1 is 0.838 bits per heavy atom. The SMILES string of the molecule is Cc1ccc2nc(-c3ccc(Cl)c(NC(=O)c4ccc(-c5cc6ccccc6oc5=O)cc4)c3)oc2c1. The molecular formula is C30H19ClN2O4. The summed E-state index contributed by atoms with van der Waals surface area (Å²) in [7, 11) is 0. The standard InChI is InChI=1S/C30H19ClN2O4/c1-17-6-13-24-27(14-17)36-29(33-24)21-11-12-23(31)25(16-21)32-28(34)19-9-7-18(8-10-19)22-15-20-4-2-3-5-26(20)37-30(22)35/h2-16H,1H3,(H,32,34). The monoisotopic (exact) mass is 506 g/mol. The van der Waals surface area contributed by atoms with E-state index in [2.05, 4.69) is 10.3 Å². The fourth-order valence-electron chi connectivity index (χ4n) is 4.17. The van der Waals surface area contributed by atoms with Gasteiger partial charge in [0.05, 0.1) is 16.3 Å². The third kappa shape index (κ3) is 4.39. The summed E-state index contributed by atoms with van der Waals surface area (Å²) >= 11 is 6.37. The normalized spacial score (nSPS) is 11.2. The van der Waals surface area contributed by atoms with Crippen LogP contribution in [0.5, 0.6) is 0 Å². The molecule has 0 bridgehead atoms. The third-order valence-corrected chi connectivity index (χ3v) is 6.43. The van der Waals surface area contributed by atoms with Gasteiger partial charge in [0.25, 0.3) is 5.91 Å². The number of amides is 1. The van der Waals surface area contributed by atoms with E-state index in [-0.39, 0.29) is 5.91 Å². The highest BCUT2D eigenvalue weighted by Gasteiger charge is 2.14. The van der Waals surface area contributed by atoms with Gasteiger partial charge in [0, 0.05) is 16.5 Å². The van der Waals surface area contributed by atoms with Gasteiger partial charge in [-0.25, -0.2) is 9.78 Å². The van der Waals surface area contributed by atoms with Crippen LogP contribution < -0.4 is 10.9 Å². The third-order valence-electron chi connectivity index (χ3n) is 6.10. The number of rotatable bonds is 4. The molecule has 0 spiro atoms. The Hall–Kier alpha value is -4.68. The highest BCUT2D eigenvalue weighted by Crippen LogP contribution is 2.31. The molecule has 0 saturated carbocycles. The minimum Gasteiger partial charge on any atom is -0.436 e. The Bertz CT molecular complexity index is 1870. The summed E-state index contributed by atoms with van der Waals surface area (Å²) in [6.45, 7) is 1.99. The lowest BCUT2D eigenvalue weighted by Crippen LogP contribution is -2.12. The lowest BCUT2D eigenvalue weighted by atomic mass is 10.0. The van der Waals surface area contributed by atoms with Crippen molar-refractivity contribution in [3.63, 3.8) is 0 Å². The van der Waals surface area contributed by atoms with Crippen LogP contribution in [0.2, 0.25) is 5.02 Å². The lowest BCUT2D eigenvalue weighted by molar-refractivity contribution is 0.102. The molecule has 6 nitrogen and oxygen atoms in total. The quantitative estimate of drug-likeness (QED) is 0.250. The van der Waals surface area contributed by atoms with Gasteiger partial charge >= 0.3 is 5.63 Å². The molecule has 7 heteroatoms. The van der Waals surface area contributed by atoms with E-state index in [1.807, 2.05) is 43.3 Å². The van der Waals surface area contributed by atoms with Gasteiger partial charge in [-0.1, -0.05) is 48.0 Å². The Morgan fingerprint density at radius 3 is 2.46 bits per heavy atom. The minimum atomic E-state index is -0.436. The molecule has 2 aromatic heterocycles. The van der Waals surface area contributed by atoms with E-state index in [0.717, 1.165) is 16.5 Å². The van der Waals surface area contributed by atoms with Crippen LogP contribution >= 0.6 is 11.6 Å². The lowest BCUT2D eigenvalue weighted by Gasteiger charge is -2.09. The second kappa shape index (κ2) is 9.08. The van der Waals surface area contributed by atoms with Crippen molar-refractivity contribution in [1.29, 1.82) is 0 Å². The average molecular weight is 507 g/mol. The summed E-state index contributed by atoms with van der Waals surface area (Å²) in [5, 5.41) is 4.06. The topological polar surface area (TPSA) is 85.3 Å². The van der Waals surface area contributed by atoms with Gasteiger partial charge < -0.3 is 14.2 Å². The van der Waals surface area contributed by atoms with E-state index in [9.17, 15) is 9.59 Å². The molecule has 0 saturated heterocycles. The number of anilines is 1. The van der Waals surface area contributed by atoms with Crippen molar-refractivity contribution in [3.8, 4) is 22.6 Å². The Labute approximate surface area is 216 Å². The molecule has 0 aliphatic heterocycles. The molecule has 0 unspecified atom stereocenters. The van der Waals surface area contributed by atoms with Gasteiger partial charge in [0.1, 0.15) is 11.1 Å². The van der Waals surface area contributed by atoms with Crippen molar-refractivity contribution in [1.82, 2.24) is 4.98 Å². The fourth-order valence-corrected chi connectivity index (χ4v) is 4.33. The number of carbonyl (C=O) groups is 1. The second-order valence-electron chi connectivity index (χ2n) is 8.70. The molecule has 0 aliphatic rings. The van der Waals surface area contributed by atoms with Crippen molar-refractivity contribution in [2.75, 3.05) is 5.32 Å². The predicted octanol–water partition coefficient (Wildman–Crippen LogP) is 7.48. The smallest absolute Gasteiger partial charge is 0.344 e. The predicted molar refractivity (Wildman–Crippen MR) is 145 cm³/mol. The van der Waals surface area contributed by atoms with Gasteiger partial charge in [-0.05, 0) is 72.6 Å². The number of aryl methyl sites for hydroxylation is 1. The van der Waals surface area contributed by atoms with Crippen LogP contribution in [0.25, 0.3) is 44.7 Å². The van der Waals surface area contributed by atoms with E-state index in [4.69, 9.17) is 20.4 Å². The van der Waals surface area contributed by atoms with Crippen molar-refractivity contribution >= 4 is 45.3 Å². The average Bonchev–Trinajstić information content (AvgIpc) is 3.33. The first-order valence-electron chi connectivity index (χ1n) is 11.6. The molecule has 37 heavy (non-hydrogen) atoms. The molecule has 1 N–H and O–H groups in total. The van der Waals surface area contributed by atoms with Crippen LogP contribution in [0.4, 0.5) is 5.69 Å². The maximum Gasteiger partial charge on any atom is 0.344 e. The number of nitrogens with zero attached hydrogens (tertiary/aromatic N) is 1. The van der Waals surface area contributed by atoms with E-state index in [0.29, 0.717) is 50.0 Å². The molecule has 180 valence electrons. The fraction of sp³-hybridized carbons (Fsp3) is 0.0333. The summed E-state index contributed by atoms with van der Waals surface area (Å²) in [4.78, 5) is 30.0. The molecule has 6 aromatic rings. The molecule has 4 aromatic carbocycles. The summed E-state index contributed by atoms with van der Waals surface area (Å²) < 4.78 is 11.3. The number of nitrogens with one attached hydrogen (secondary N) is 1. The number of para-hydroxylation sites is 1. The highest BCUT2D eigenvalue weighted by molar-refractivity contribution is 6.34. The first-order chi connectivity index (χ1) is 17.9. The molecule has 2 heterocycles. The van der Waals surface area contributed by atoms with Gasteiger partial charge in [0.15, 0.2) is 5.58 Å². The van der Waals surface area contributed by atoms with Crippen molar-refractivity contribution in [2.24, 2.45) is 0 Å². The van der Waals surface area contributed by atoms with E-state index in [1.165, 1.54) is 0 Å². The maximum absolute atomic E-state index is 13.0. The number of hydrogen-bond donors (Lipinski definition) is 1. The number of hydrogen-bond acceptors (Lipinski definition) is 5. The summed E-state index contributed by atoms with van der Waals surface area (Å²) in [5.41, 5.74) is 5.22. The van der Waals surface area contributed by atoms with Crippen molar-refractivity contribution in [3.05, 3.63) is 118 Å². The Morgan fingerprint density at radius 2 is 1.62 bits per heavy atom. The van der Waals surface area contributed by atoms with Gasteiger partial charge in [0.2, 0.25) is 5.89 Å². The summed E-state index contributed by atoms with van der Waals surface area (Å²) in [6, 6.07) is 26.9. The molecule has 0 aliphatic carbocycles. The largest absolute Gasteiger partial charge is 0.436 e. The zero-order valence-electron chi connectivity index (χ0n) is 19.6. The van der Waals surface area contributed by atoms with Crippen LogP contribution in [0.15, 0.2) is 105 Å². The second-order valence-corrected chi connectivity index (χ2v) is 9.11. The van der Waals surface area contributed by atoms with Crippen LogP contribution in [0.1, 0.15) is 15.9 Å². The maximum atomic E-state index is 13.0. The molecule has 0 atom stereocenters. The molecular weight excluding hydrogens is 488 g/mol. The zero-order valence-corrected chi connectivity index (χ0v) is 20.4. The summed E-state index contributed by atoms with van der Waals surface area (Å²) in [6.07, 6.45) is 0. The first-order valence-corrected chi connectivity index (χ1v) is 11.9. The first kappa shape index (κ1) is 22.8. The minimum absolute atomic E-state index is 0.343. The number of carbonyl (C=O) groups excluding carboxylic acids is 1. The van der Waals surface area contributed by atoms with Gasteiger partial charge in [-0.3, -0.25) is 4.79 Å². The van der Waals surface area contributed by atoms with Gasteiger partial charge in [-0.15, -0.1) is 0 Å². The van der Waals surface area contributed by atoms with E-state index in [1.54, 1.807) is 54.6 Å². The van der Waals surface area contributed by atoms with Crippen LogP contribution in [-0.4, -0.2) is 10.9 Å². The highest BCUT2D eigenvalue weighted by atomic mass is 35.5. The molecule has 1 amide bonds. The number of halogens is 1. The van der Waals surface area contributed by atoms with Crippen molar-refractivity contribution < 1.29 is 13.6 Å². The van der Waals surface area contributed by atoms with Crippen LogP contribution in [-0.2, 0) is 0 Å². The number of fused-ring (bicyclic) bond motifs is 2. The number of benzene rings is 4. The molecule has 6 rings (SSSR count). The van der Waals surface area contributed by atoms with Crippen LogP contribution in [0.3, 0.4) is 0 Å². The zero-order chi connectivity index (χ0) is 25.5. The summed E-state index contributed by atoms with van der Waals surface area (Å²) in [5.74, 6) is 0.0932. The number of oxazole rings is 1. The molecule has 0 radical (unpaired) electrons. The van der Waals surface area contributed by atoms with E-state index >= 15 is 0 Å². The van der Waals surface area contributed by atoms with Gasteiger partial charge in [-0.2, -0.15) is 0 Å². The van der Waals surface area contributed by atoms with Crippen LogP contribution in [0, 0.1) is 6.92 Å². The Kier molecular flexibility index (Phi) is 5.58.